The normalized spacial score (nSPS) is 13.3. The van der Waals surface area contributed by atoms with Gasteiger partial charge in [0, 0.05) is 6.54 Å². The number of halogens is 6. The fourth-order valence-corrected chi connectivity index (χ4v) is 2.41. The number of rotatable bonds is 4. The molecule has 1 rings (SSSR count). The summed E-state index contributed by atoms with van der Waals surface area (Å²) in [6.45, 7) is 2.38. The third-order valence-electron chi connectivity index (χ3n) is 3.66. The Morgan fingerprint density at radius 1 is 1.15 bits per heavy atom. The van der Waals surface area contributed by atoms with E-state index in [9.17, 15) is 35.9 Å². The average molecular weight is 385 g/mol. The minimum atomic E-state index is -4.78. The number of aryl methyl sites for hydroxylation is 1. The third-order valence-corrected chi connectivity index (χ3v) is 3.66. The number of hydrogen-bond donors (Lipinski definition) is 0. The van der Waals surface area contributed by atoms with Gasteiger partial charge in [-0.15, -0.1) is 0 Å². The lowest BCUT2D eigenvalue weighted by Gasteiger charge is -2.29. The Bertz CT molecular complexity index is 669. The van der Waals surface area contributed by atoms with E-state index in [0.717, 1.165) is 17.0 Å². The Hall–Kier alpha value is -2.26. The summed E-state index contributed by atoms with van der Waals surface area (Å²) in [6, 6.07) is 2.05. The number of ether oxygens (including phenoxy) is 1. The molecule has 1 aromatic rings. The predicted octanol–water partition coefficient (Wildman–Crippen LogP) is 4.03. The molecule has 1 unspecified atom stereocenters. The average Bonchev–Trinajstić information content (AvgIpc) is 2.51. The number of carbonyl (C=O) groups is 2. The van der Waals surface area contributed by atoms with E-state index in [4.69, 9.17) is 0 Å². The van der Waals surface area contributed by atoms with Crippen LogP contribution in [-0.4, -0.2) is 36.1 Å². The number of esters is 1. The van der Waals surface area contributed by atoms with Crippen LogP contribution in [0.25, 0.3) is 0 Å². The molecule has 0 aliphatic carbocycles. The van der Waals surface area contributed by atoms with E-state index >= 15 is 0 Å². The maximum atomic E-state index is 12.7. The van der Waals surface area contributed by atoms with E-state index in [1.807, 2.05) is 0 Å². The SMILES string of the molecule is CCN(C(=O)C(=O)OCC(F)(F)F)C(C)c1ccc(C(F)(F)F)cc1C. The van der Waals surface area contributed by atoms with E-state index in [-0.39, 0.29) is 12.1 Å². The Balaban J connectivity index is 3.00. The maximum Gasteiger partial charge on any atom is 0.422 e. The summed E-state index contributed by atoms with van der Waals surface area (Å²) < 4.78 is 78.3. The molecule has 4 nitrogen and oxygen atoms in total. The van der Waals surface area contributed by atoms with E-state index < -0.39 is 42.4 Å². The Morgan fingerprint density at radius 2 is 1.73 bits per heavy atom. The summed E-state index contributed by atoms with van der Waals surface area (Å²) in [7, 11) is 0. The molecule has 1 atom stereocenters. The molecule has 0 spiro atoms. The molecule has 146 valence electrons. The zero-order valence-electron chi connectivity index (χ0n) is 14.2. The van der Waals surface area contributed by atoms with Gasteiger partial charge in [-0.1, -0.05) is 6.07 Å². The van der Waals surface area contributed by atoms with Crippen molar-refractivity contribution in [3.63, 3.8) is 0 Å². The molecule has 1 aromatic carbocycles. The van der Waals surface area contributed by atoms with Gasteiger partial charge in [0.25, 0.3) is 0 Å². The van der Waals surface area contributed by atoms with Crippen molar-refractivity contribution in [2.45, 2.75) is 39.2 Å². The molecule has 1 amide bonds. The first kappa shape index (κ1) is 21.8. The summed E-state index contributed by atoms with van der Waals surface area (Å²) in [4.78, 5) is 24.5. The lowest BCUT2D eigenvalue weighted by molar-refractivity contribution is -0.189. The Morgan fingerprint density at radius 3 is 2.15 bits per heavy atom. The van der Waals surface area contributed by atoms with Crippen molar-refractivity contribution in [3.05, 3.63) is 34.9 Å². The number of nitrogens with zero attached hydrogens (tertiary/aromatic N) is 1. The largest absolute Gasteiger partial charge is 0.449 e. The van der Waals surface area contributed by atoms with E-state index in [1.165, 1.54) is 26.8 Å². The summed E-state index contributed by atoms with van der Waals surface area (Å²) in [5.41, 5.74) is -0.316. The van der Waals surface area contributed by atoms with Crippen molar-refractivity contribution in [3.8, 4) is 0 Å². The molecule has 0 saturated heterocycles. The van der Waals surface area contributed by atoms with Crippen LogP contribution in [0.2, 0.25) is 0 Å². The highest BCUT2D eigenvalue weighted by Crippen LogP contribution is 2.32. The number of benzene rings is 1. The van der Waals surface area contributed by atoms with Gasteiger partial charge in [-0.05, 0) is 44.0 Å². The van der Waals surface area contributed by atoms with Crippen molar-refractivity contribution in [2.24, 2.45) is 0 Å². The second-order valence-corrected chi connectivity index (χ2v) is 5.53. The third kappa shape index (κ3) is 5.63. The zero-order valence-corrected chi connectivity index (χ0v) is 14.2. The lowest BCUT2D eigenvalue weighted by Crippen LogP contribution is -2.40. The van der Waals surface area contributed by atoms with Crippen LogP contribution in [-0.2, 0) is 20.5 Å². The highest BCUT2D eigenvalue weighted by Gasteiger charge is 2.34. The van der Waals surface area contributed by atoms with Crippen LogP contribution in [0.4, 0.5) is 26.3 Å². The molecule has 0 heterocycles. The van der Waals surface area contributed by atoms with Gasteiger partial charge in [-0.25, -0.2) is 4.79 Å². The molecule has 0 bridgehead atoms. The topological polar surface area (TPSA) is 46.6 Å². The van der Waals surface area contributed by atoms with Crippen LogP contribution in [0.5, 0.6) is 0 Å². The van der Waals surface area contributed by atoms with Crippen LogP contribution in [0, 0.1) is 6.92 Å². The molecule has 0 aliphatic rings. The van der Waals surface area contributed by atoms with E-state index in [0.29, 0.717) is 5.56 Å². The summed E-state index contributed by atoms with van der Waals surface area (Å²) >= 11 is 0. The summed E-state index contributed by atoms with van der Waals surface area (Å²) in [5.74, 6) is -2.98. The molecule has 0 fully saturated rings. The van der Waals surface area contributed by atoms with Gasteiger partial charge < -0.3 is 9.64 Å². The molecule has 0 saturated carbocycles. The first-order chi connectivity index (χ1) is 11.8. The monoisotopic (exact) mass is 385 g/mol. The highest BCUT2D eigenvalue weighted by molar-refractivity contribution is 6.32. The molecule has 26 heavy (non-hydrogen) atoms. The molecule has 10 heteroatoms. The number of amides is 1. The summed E-state index contributed by atoms with van der Waals surface area (Å²) in [6.07, 6.45) is -9.31. The van der Waals surface area contributed by atoms with Gasteiger partial charge in [-0.2, -0.15) is 26.3 Å². The van der Waals surface area contributed by atoms with Gasteiger partial charge in [0.1, 0.15) is 0 Å². The fourth-order valence-electron chi connectivity index (χ4n) is 2.41. The molecule has 0 aromatic heterocycles. The second kappa shape index (κ2) is 7.96. The first-order valence-corrected chi connectivity index (χ1v) is 7.50. The summed E-state index contributed by atoms with van der Waals surface area (Å²) in [5, 5.41) is 0. The highest BCUT2D eigenvalue weighted by atomic mass is 19.4. The Labute approximate surface area is 145 Å². The minimum absolute atomic E-state index is 0.0540. The number of carbonyl (C=O) groups excluding carboxylic acids is 2. The molecule has 0 aliphatic heterocycles. The van der Waals surface area contributed by atoms with Crippen LogP contribution in [0.1, 0.15) is 36.6 Å². The van der Waals surface area contributed by atoms with Gasteiger partial charge >= 0.3 is 24.2 Å². The predicted molar refractivity (Wildman–Crippen MR) is 79.0 cm³/mol. The molecule has 0 radical (unpaired) electrons. The number of hydrogen-bond acceptors (Lipinski definition) is 3. The van der Waals surface area contributed by atoms with Crippen molar-refractivity contribution in [1.82, 2.24) is 4.90 Å². The van der Waals surface area contributed by atoms with Gasteiger partial charge in [-0.3, -0.25) is 4.79 Å². The molecular formula is C16H17F6NO3. The van der Waals surface area contributed by atoms with Crippen LogP contribution < -0.4 is 0 Å². The molecular weight excluding hydrogens is 368 g/mol. The lowest BCUT2D eigenvalue weighted by atomic mass is 9.98. The van der Waals surface area contributed by atoms with E-state index in [2.05, 4.69) is 4.74 Å². The second-order valence-electron chi connectivity index (χ2n) is 5.53. The smallest absolute Gasteiger partial charge is 0.422 e. The standard InChI is InChI=1S/C16H17F6NO3/c1-4-23(13(24)14(25)26-8-15(17,18)19)10(3)12-6-5-11(7-9(12)2)16(20,21)22/h5-7,10H,4,8H2,1-3H3. The van der Waals surface area contributed by atoms with Crippen molar-refractivity contribution in [1.29, 1.82) is 0 Å². The van der Waals surface area contributed by atoms with Crippen molar-refractivity contribution < 1.29 is 40.7 Å². The quantitative estimate of drug-likeness (QED) is 0.447. The van der Waals surface area contributed by atoms with Crippen molar-refractivity contribution in [2.75, 3.05) is 13.2 Å². The zero-order chi connectivity index (χ0) is 20.3. The van der Waals surface area contributed by atoms with E-state index in [1.54, 1.807) is 0 Å². The number of likely N-dealkylation sites (N-methyl/N-ethyl adjacent to an activating group) is 1. The van der Waals surface area contributed by atoms with Crippen LogP contribution >= 0.6 is 0 Å². The number of alkyl halides is 6. The minimum Gasteiger partial charge on any atom is -0.449 e. The fraction of sp³-hybridized carbons (Fsp3) is 0.500. The maximum absolute atomic E-state index is 12.7. The van der Waals surface area contributed by atoms with Gasteiger partial charge in [0.2, 0.25) is 0 Å². The van der Waals surface area contributed by atoms with Gasteiger partial charge in [0.15, 0.2) is 6.61 Å². The van der Waals surface area contributed by atoms with Gasteiger partial charge in [0.05, 0.1) is 11.6 Å². The first-order valence-electron chi connectivity index (χ1n) is 7.50. The van der Waals surface area contributed by atoms with Crippen LogP contribution in [0.15, 0.2) is 18.2 Å². The van der Waals surface area contributed by atoms with Crippen LogP contribution in [0.3, 0.4) is 0 Å². The Kier molecular flexibility index (Phi) is 6.67. The molecule has 0 N–H and O–H groups in total. The van der Waals surface area contributed by atoms with Crippen molar-refractivity contribution >= 4 is 11.9 Å².